The molecule has 0 aliphatic carbocycles. The standard InChI is InChI=1S/C16H18ClN3O6/c1-3-25-12(21)8-18-16(24)20-11-6-5-9(17)7-10(11)19-14(22)13(20)15(23)26-4-2/h5-7,13H,3-4,8H2,1-2H3,(H,18,24)(H,19,22). The average molecular weight is 384 g/mol. The van der Waals surface area contributed by atoms with E-state index in [-0.39, 0.29) is 24.6 Å². The molecule has 9 nitrogen and oxygen atoms in total. The third-order valence-corrected chi connectivity index (χ3v) is 3.64. The second-order valence-electron chi connectivity index (χ2n) is 5.14. The molecule has 0 aromatic heterocycles. The molecule has 2 N–H and O–H groups in total. The van der Waals surface area contributed by atoms with Crippen molar-refractivity contribution >= 4 is 46.9 Å². The molecular weight excluding hydrogens is 366 g/mol. The minimum absolute atomic E-state index is 0.0361. The molecule has 0 saturated carbocycles. The number of nitrogens with one attached hydrogen (secondary N) is 2. The van der Waals surface area contributed by atoms with Gasteiger partial charge in [-0.25, -0.2) is 9.59 Å². The van der Waals surface area contributed by atoms with Gasteiger partial charge in [-0.2, -0.15) is 0 Å². The van der Waals surface area contributed by atoms with Gasteiger partial charge < -0.3 is 20.1 Å². The van der Waals surface area contributed by atoms with Crippen LogP contribution in [-0.4, -0.2) is 49.7 Å². The number of carbonyl (C=O) groups is 4. The number of anilines is 2. The number of carbonyl (C=O) groups excluding carboxylic acids is 4. The summed E-state index contributed by atoms with van der Waals surface area (Å²) in [5.74, 6) is -2.28. The maximum absolute atomic E-state index is 12.6. The van der Waals surface area contributed by atoms with E-state index in [2.05, 4.69) is 10.6 Å². The Morgan fingerprint density at radius 2 is 1.92 bits per heavy atom. The summed E-state index contributed by atoms with van der Waals surface area (Å²) >= 11 is 5.91. The first kappa shape index (κ1) is 19.5. The third kappa shape index (κ3) is 4.23. The number of nitrogens with zero attached hydrogens (tertiary/aromatic N) is 1. The topological polar surface area (TPSA) is 114 Å². The normalized spacial score (nSPS) is 15.6. The van der Waals surface area contributed by atoms with Crippen LogP contribution in [0.4, 0.5) is 16.2 Å². The Morgan fingerprint density at radius 1 is 1.23 bits per heavy atom. The van der Waals surface area contributed by atoms with Crippen LogP contribution in [0.15, 0.2) is 18.2 Å². The van der Waals surface area contributed by atoms with Crippen LogP contribution in [0.2, 0.25) is 5.02 Å². The Balaban J connectivity index is 2.34. The lowest BCUT2D eigenvalue weighted by Gasteiger charge is -2.34. The van der Waals surface area contributed by atoms with Crippen LogP contribution in [0, 0.1) is 0 Å². The minimum atomic E-state index is -1.54. The molecule has 1 unspecified atom stereocenters. The highest BCUT2D eigenvalue weighted by atomic mass is 35.5. The van der Waals surface area contributed by atoms with Crippen molar-refractivity contribution in [1.29, 1.82) is 0 Å². The Morgan fingerprint density at radius 3 is 2.58 bits per heavy atom. The number of ether oxygens (including phenoxy) is 2. The van der Waals surface area contributed by atoms with Crippen molar-refractivity contribution in [1.82, 2.24) is 5.32 Å². The highest BCUT2D eigenvalue weighted by molar-refractivity contribution is 6.31. The number of amides is 3. The molecule has 140 valence electrons. The molecule has 2 rings (SSSR count). The predicted molar refractivity (Wildman–Crippen MR) is 93.0 cm³/mol. The van der Waals surface area contributed by atoms with Gasteiger partial charge in [0.1, 0.15) is 6.54 Å². The van der Waals surface area contributed by atoms with E-state index in [1.165, 1.54) is 18.2 Å². The molecule has 0 bridgehead atoms. The van der Waals surface area contributed by atoms with Crippen LogP contribution in [-0.2, 0) is 23.9 Å². The SMILES string of the molecule is CCOC(=O)CNC(=O)N1c2ccc(Cl)cc2NC(=O)C1C(=O)OCC. The van der Waals surface area contributed by atoms with Crippen molar-refractivity contribution in [2.45, 2.75) is 19.9 Å². The number of fused-ring (bicyclic) bond motifs is 1. The van der Waals surface area contributed by atoms with Gasteiger partial charge in [0, 0.05) is 5.02 Å². The minimum Gasteiger partial charge on any atom is -0.465 e. The zero-order valence-electron chi connectivity index (χ0n) is 14.2. The molecule has 10 heteroatoms. The van der Waals surface area contributed by atoms with E-state index >= 15 is 0 Å². The van der Waals surface area contributed by atoms with Crippen molar-refractivity contribution in [3.63, 3.8) is 0 Å². The maximum Gasteiger partial charge on any atom is 0.339 e. The average Bonchev–Trinajstić information content (AvgIpc) is 2.58. The van der Waals surface area contributed by atoms with Gasteiger partial charge in [-0.15, -0.1) is 0 Å². The summed E-state index contributed by atoms with van der Waals surface area (Å²) in [5.41, 5.74) is 0.503. The van der Waals surface area contributed by atoms with Gasteiger partial charge in [-0.1, -0.05) is 11.6 Å². The Bertz CT molecular complexity index is 739. The Hall–Kier alpha value is -2.81. The first-order valence-electron chi connectivity index (χ1n) is 7.88. The summed E-state index contributed by atoms with van der Waals surface area (Å²) in [7, 11) is 0. The van der Waals surface area contributed by atoms with Crippen LogP contribution in [0.5, 0.6) is 0 Å². The quantitative estimate of drug-likeness (QED) is 0.585. The highest BCUT2D eigenvalue weighted by Gasteiger charge is 2.43. The van der Waals surface area contributed by atoms with Crippen LogP contribution < -0.4 is 15.5 Å². The molecule has 0 radical (unpaired) electrons. The molecule has 0 saturated heterocycles. The molecule has 26 heavy (non-hydrogen) atoms. The molecule has 1 atom stereocenters. The number of urea groups is 1. The Labute approximate surface area is 154 Å². The third-order valence-electron chi connectivity index (χ3n) is 3.40. The van der Waals surface area contributed by atoms with Gasteiger partial charge in [0.25, 0.3) is 5.91 Å². The maximum atomic E-state index is 12.6. The van der Waals surface area contributed by atoms with E-state index in [0.29, 0.717) is 5.02 Å². The van der Waals surface area contributed by atoms with Crippen molar-refractivity contribution < 1.29 is 28.7 Å². The molecule has 1 aromatic rings. The number of hydrogen-bond acceptors (Lipinski definition) is 6. The lowest BCUT2D eigenvalue weighted by molar-refractivity contribution is -0.147. The number of halogens is 1. The molecule has 1 aliphatic rings. The van der Waals surface area contributed by atoms with Crippen molar-refractivity contribution in [3.05, 3.63) is 23.2 Å². The van der Waals surface area contributed by atoms with Gasteiger partial charge >= 0.3 is 18.0 Å². The fourth-order valence-electron chi connectivity index (χ4n) is 2.38. The zero-order chi connectivity index (χ0) is 19.3. The highest BCUT2D eigenvalue weighted by Crippen LogP contribution is 2.34. The van der Waals surface area contributed by atoms with Crippen LogP contribution in [0.3, 0.4) is 0 Å². The van der Waals surface area contributed by atoms with E-state index in [9.17, 15) is 19.2 Å². The van der Waals surface area contributed by atoms with Crippen LogP contribution >= 0.6 is 11.6 Å². The van der Waals surface area contributed by atoms with Gasteiger partial charge in [-0.3, -0.25) is 14.5 Å². The molecule has 1 aromatic carbocycles. The van der Waals surface area contributed by atoms with Crippen molar-refractivity contribution in [2.24, 2.45) is 0 Å². The summed E-state index contributed by atoms with van der Waals surface area (Å²) < 4.78 is 9.63. The molecule has 1 aliphatic heterocycles. The summed E-state index contributed by atoms with van der Waals surface area (Å²) in [6, 6.07) is 2.07. The fraction of sp³-hybridized carbons (Fsp3) is 0.375. The van der Waals surface area contributed by atoms with Gasteiger partial charge in [0.05, 0.1) is 24.6 Å². The van der Waals surface area contributed by atoms with E-state index in [0.717, 1.165) is 4.90 Å². The predicted octanol–water partition coefficient (Wildman–Crippen LogP) is 1.30. The molecule has 0 fully saturated rings. The summed E-state index contributed by atoms with van der Waals surface area (Å²) in [6.45, 7) is 2.99. The molecule has 3 amide bonds. The smallest absolute Gasteiger partial charge is 0.339 e. The van der Waals surface area contributed by atoms with Gasteiger partial charge in [0.15, 0.2) is 0 Å². The lowest BCUT2D eigenvalue weighted by atomic mass is 10.1. The zero-order valence-corrected chi connectivity index (χ0v) is 15.0. The summed E-state index contributed by atoms with van der Waals surface area (Å²) in [4.78, 5) is 49.6. The van der Waals surface area contributed by atoms with Gasteiger partial charge in [0.2, 0.25) is 6.04 Å². The van der Waals surface area contributed by atoms with Crippen molar-refractivity contribution in [2.75, 3.05) is 30.0 Å². The first-order valence-corrected chi connectivity index (χ1v) is 8.26. The Kier molecular flexibility index (Phi) is 6.40. The summed E-state index contributed by atoms with van der Waals surface area (Å²) in [5, 5.41) is 5.19. The molecular formula is C16H18ClN3O6. The second kappa shape index (κ2) is 8.52. The van der Waals surface area contributed by atoms with E-state index in [4.69, 9.17) is 21.1 Å². The second-order valence-corrected chi connectivity index (χ2v) is 5.58. The van der Waals surface area contributed by atoms with Crippen molar-refractivity contribution in [3.8, 4) is 0 Å². The molecule has 1 heterocycles. The first-order chi connectivity index (χ1) is 12.4. The lowest BCUT2D eigenvalue weighted by Crippen LogP contribution is -2.58. The van der Waals surface area contributed by atoms with Gasteiger partial charge in [-0.05, 0) is 32.0 Å². The fourth-order valence-corrected chi connectivity index (χ4v) is 2.55. The van der Waals surface area contributed by atoms with E-state index < -0.39 is 36.5 Å². The number of esters is 2. The van der Waals surface area contributed by atoms with E-state index in [1.807, 2.05) is 0 Å². The largest absolute Gasteiger partial charge is 0.465 e. The summed E-state index contributed by atoms with van der Waals surface area (Å²) in [6.07, 6.45) is 0. The van der Waals surface area contributed by atoms with Crippen LogP contribution in [0.25, 0.3) is 0 Å². The van der Waals surface area contributed by atoms with E-state index in [1.54, 1.807) is 13.8 Å². The number of hydrogen-bond donors (Lipinski definition) is 2. The number of benzene rings is 1. The monoisotopic (exact) mass is 383 g/mol. The number of rotatable bonds is 5. The molecule has 0 spiro atoms. The van der Waals surface area contributed by atoms with Crippen LogP contribution in [0.1, 0.15) is 13.8 Å².